The van der Waals surface area contributed by atoms with Crippen molar-refractivity contribution in [2.75, 3.05) is 11.9 Å². The third-order valence-electron chi connectivity index (χ3n) is 2.54. The maximum Gasteiger partial charge on any atom is 0.326 e. The van der Waals surface area contributed by atoms with Gasteiger partial charge in [-0.3, -0.25) is 0 Å². The maximum absolute atomic E-state index is 10.8. The second-order valence-electron chi connectivity index (χ2n) is 3.30. The summed E-state index contributed by atoms with van der Waals surface area (Å²) < 4.78 is 0. The van der Waals surface area contributed by atoms with Crippen molar-refractivity contribution < 1.29 is 9.90 Å². The van der Waals surface area contributed by atoms with E-state index in [1.165, 1.54) is 0 Å². The van der Waals surface area contributed by atoms with E-state index in [1.54, 1.807) is 0 Å². The molecule has 1 atom stereocenters. The number of aliphatic carboxylic acids is 1. The van der Waals surface area contributed by atoms with Crippen molar-refractivity contribution in [3.05, 3.63) is 29.8 Å². The van der Waals surface area contributed by atoms with Crippen LogP contribution in [0.25, 0.3) is 0 Å². The van der Waals surface area contributed by atoms with Crippen molar-refractivity contribution in [1.82, 2.24) is 0 Å². The number of anilines is 1. The molecule has 0 bridgehead atoms. The van der Waals surface area contributed by atoms with Gasteiger partial charge in [0.2, 0.25) is 0 Å². The summed E-state index contributed by atoms with van der Waals surface area (Å²) >= 11 is 0. The molecule has 0 aliphatic carbocycles. The molecule has 0 aromatic heterocycles. The van der Waals surface area contributed by atoms with Gasteiger partial charge in [-0.1, -0.05) is 32.0 Å². The molecule has 3 heteroatoms. The van der Waals surface area contributed by atoms with Crippen molar-refractivity contribution in [3.63, 3.8) is 0 Å². The average molecular weight is 207 g/mol. The fourth-order valence-corrected chi connectivity index (χ4v) is 1.79. The first-order valence-electron chi connectivity index (χ1n) is 5.23. The number of hydrogen-bond acceptors (Lipinski definition) is 2. The summed E-state index contributed by atoms with van der Waals surface area (Å²) in [5.41, 5.74) is 2.16. The van der Waals surface area contributed by atoms with Crippen LogP contribution in [-0.4, -0.2) is 24.2 Å². The smallest absolute Gasteiger partial charge is 0.326 e. The molecule has 0 spiro atoms. The molecule has 1 aliphatic heterocycles. The molecule has 1 aliphatic rings. The largest absolute Gasteiger partial charge is 0.480 e. The number of para-hydroxylation sites is 1. The Balaban J connectivity index is 0.000000531. The van der Waals surface area contributed by atoms with Gasteiger partial charge in [-0.15, -0.1) is 0 Å². The van der Waals surface area contributed by atoms with Crippen LogP contribution in [0.3, 0.4) is 0 Å². The molecule has 1 heterocycles. The molecule has 0 saturated heterocycles. The Kier molecular flexibility index (Phi) is 3.72. The van der Waals surface area contributed by atoms with E-state index < -0.39 is 12.0 Å². The molecule has 0 radical (unpaired) electrons. The fourth-order valence-electron chi connectivity index (χ4n) is 1.79. The highest BCUT2D eigenvalue weighted by molar-refractivity contribution is 5.82. The Bertz CT molecular complexity index is 349. The van der Waals surface area contributed by atoms with Gasteiger partial charge in [0.25, 0.3) is 0 Å². The number of carbonyl (C=O) groups is 1. The summed E-state index contributed by atoms with van der Waals surface area (Å²) in [6.07, 6.45) is 0.613. The van der Waals surface area contributed by atoms with Gasteiger partial charge in [0.15, 0.2) is 0 Å². The zero-order valence-corrected chi connectivity index (χ0v) is 9.40. The molecule has 0 fully saturated rings. The van der Waals surface area contributed by atoms with Gasteiger partial charge in [-0.25, -0.2) is 4.79 Å². The van der Waals surface area contributed by atoms with Crippen LogP contribution in [0.1, 0.15) is 19.4 Å². The molecule has 1 aromatic carbocycles. The van der Waals surface area contributed by atoms with Crippen LogP contribution >= 0.6 is 0 Å². The standard InChI is InChI=1S/C10H11NO2.C2H6/c1-11-8-5-3-2-4-7(8)6-9(11)10(12)13;1-2/h2-5,9H,6H2,1H3,(H,12,13);1-2H3. The van der Waals surface area contributed by atoms with E-state index >= 15 is 0 Å². The van der Waals surface area contributed by atoms with Crippen LogP contribution < -0.4 is 4.90 Å². The lowest BCUT2D eigenvalue weighted by Crippen LogP contribution is -2.35. The molecule has 3 nitrogen and oxygen atoms in total. The first-order valence-corrected chi connectivity index (χ1v) is 5.23. The summed E-state index contributed by atoms with van der Waals surface area (Å²) in [5, 5.41) is 8.91. The Labute approximate surface area is 90.3 Å². The predicted octanol–water partition coefficient (Wildman–Crippen LogP) is 2.16. The SMILES string of the molecule is CC.CN1c2ccccc2CC1C(=O)O. The van der Waals surface area contributed by atoms with E-state index in [0.717, 1.165) is 11.3 Å². The molecule has 1 unspecified atom stereocenters. The van der Waals surface area contributed by atoms with Gasteiger partial charge in [-0.05, 0) is 11.6 Å². The van der Waals surface area contributed by atoms with Gasteiger partial charge in [0, 0.05) is 19.2 Å². The second kappa shape index (κ2) is 4.82. The number of fused-ring (bicyclic) bond motifs is 1. The molecule has 0 saturated carbocycles. The quantitative estimate of drug-likeness (QED) is 0.767. The number of benzene rings is 1. The number of likely N-dealkylation sites (N-methyl/N-ethyl adjacent to an activating group) is 1. The lowest BCUT2D eigenvalue weighted by Gasteiger charge is -2.18. The molecule has 15 heavy (non-hydrogen) atoms. The van der Waals surface area contributed by atoms with Crippen molar-refractivity contribution in [1.29, 1.82) is 0 Å². The summed E-state index contributed by atoms with van der Waals surface area (Å²) in [6, 6.07) is 7.42. The summed E-state index contributed by atoms with van der Waals surface area (Å²) in [5.74, 6) is -0.751. The highest BCUT2D eigenvalue weighted by Gasteiger charge is 2.31. The van der Waals surface area contributed by atoms with Gasteiger partial charge >= 0.3 is 5.97 Å². The average Bonchev–Trinajstić information content (AvgIpc) is 2.60. The van der Waals surface area contributed by atoms with E-state index in [1.807, 2.05) is 50.1 Å². The van der Waals surface area contributed by atoms with E-state index in [-0.39, 0.29) is 0 Å². The van der Waals surface area contributed by atoms with Crippen LogP contribution in [0.15, 0.2) is 24.3 Å². The van der Waals surface area contributed by atoms with Gasteiger partial charge in [0.1, 0.15) is 6.04 Å². The number of nitrogens with zero attached hydrogens (tertiary/aromatic N) is 1. The number of hydrogen-bond donors (Lipinski definition) is 1. The molecule has 1 aromatic rings. The minimum Gasteiger partial charge on any atom is -0.480 e. The van der Waals surface area contributed by atoms with Crippen LogP contribution in [0, 0.1) is 0 Å². The highest BCUT2D eigenvalue weighted by Crippen LogP contribution is 2.30. The molecule has 2 rings (SSSR count). The van der Waals surface area contributed by atoms with E-state index in [2.05, 4.69) is 0 Å². The van der Waals surface area contributed by atoms with E-state index in [9.17, 15) is 4.79 Å². The van der Waals surface area contributed by atoms with Gasteiger partial charge in [0.05, 0.1) is 0 Å². The lowest BCUT2D eigenvalue weighted by atomic mass is 10.1. The summed E-state index contributed by atoms with van der Waals surface area (Å²) in [4.78, 5) is 12.7. The number of carboxylic acids is 1. The Morgan fingerprint density at radius 1 is 1.40 bits per heavy atom. The fraction of sp³-hybridized carbons (Fsp3) is 0.417. The second-order valence-corrected chi connectivity index (χ2v) is 3.30. The van der Waals surface area contributed by atoms with E-state index in [0.29, 0.717) is 6.42 Å². The highest BCUT2D eigenvalue weighted by atomic mass is 16.4. The molecular weight excluding hydrogens is 190 g/mol. The number of carboxylic acid groups (broad SMARTS) is 1. The first-order chi connectivity index (χ1) is 7.20. The Morgan fingerprint density at radius 3 is 2.53 bits per heavy atom. The topological polar surface area (TPSA) is 40.5 Å². The minimum atomic E-state index is -0.751. The molecule has 1 N–H and O–H groups in total. The Morgan fingerprint density at radius 2 is 2.00 bits per heavy atom. The predicted molar refractivity (Wildman–Crippen MR) is 61.3 cm³/mol. The number of rotatable bonds is 1. The van der Waals surface area contributed by atoms with Crippen LogP contribution in [0.5, 0.6) is 0 Å². The zero-order valence-electron chi connectivity index (χ0n) is 9.40. The Hall–Kier alpha value is -1.51. The van der Waals surface area contributed by atoms with Crippen molar-refractivity contribution >= 4 is 11.7 Å². The van der Waals surface area contributed by atoms with E-state index in [4.69, 9.17) is 5.11 Å². The van der Waals surface area contributed by atoms with Crippen LogP contribution in [0.2, 0.25) is 0 Å². The van der Waals surface area contributed by atoms with Crippen LogP contribution in [-0.2, 0) is 11.2 Å². The summed E-state index contributed by atoms with van der Waals surface area (Å²) in [7, 11) is 1.82. The molecule has 0 amide bonds. The third-order valence-corrected chi connectivity index (χ3v) is 2.54. The van der Waals surface area contributed by atoms with Crippen molar-refractivity contribution in [2.24, 2.45) is 0 Å². The lowest BCUT2D eigenvalue weighted by molar-refractivity contribution is -0.138. The van der Waals surface area contributed by atoms with Gasteiger partial charge in [-0.2, -0.15) is 0 Å². The van der Waals surface area contributed by atoms with Crippen molar-refractivity contribution in [3.8, 4) is 0 Å². The molecular formula is C12H17NO2. The monoisotopic (exact) mass is 207 g/mol. The van der Waals surface area contributed by atoms with Gasteiger partial charge < -0.3 is 10.0 Å². The van der Waals surface area contributed by atoms with Crippen LogP contribution in [0.4, 0.5) is 5.69 Å². The van der Waals surface area contributed by atoms with Crippen molar-refractivity contribution in [2.45, 2.75) is 26.3 Å². The normalized spacial score (nSPS) is 17.8. The molecule has 82 valence electrons. The zero-order chi connectivity index (χ0) is 11.4. The maximum atomic E-state index is 10.8. The first kappa shape index (κ1) is 11.6. The minimum absolute atomic E-state index is 0.391. The summed E-state index contributed by atoms with van der Waals surface area (Å²) in [6.45, 7) is 4.00. The third kappa shape index (κ3) is 2.12.